The SMILES string of the molecule is CN(C)CC1C=CC(C2C=CC(O)C3C(O)C4C(O)[C@]5(O)C(=O)C(C(N)=O)C(=O)C[C@@H]5C[C@@H]4CC23)CC1. The maximum atomic E-state index is 13.1. The fourth-order valence-electron chi connectivity index (χ4n) is 8.53. The number of primary amides is 1. The molecule has 1 amide bonds. The highest BCUT2D eigenvalue weighted by Gasteiger charge is 2.67. The lowest BCUT2D eigenvalue weighted by Crippen LogP contribution is -2.71. The lowest BCUT2D eigenvalue weighted by Gasteiger charge is -2.59. The second kappa shape index (κ2) is 9.68. The van der Waals surface area contributed by atoms with Gasteiger partial charge in [0.15, 0.2) is 23.1 Å². The van der Waals surface area contributed by atoms with Gasteiger partial charge in [-0.3, -0.25) is 14.4 Å². The standard InChI is InChI=1S/C28H40N2O7/c1-30(2)12-13-3-5-14(6-4-13)17-7-8-19(31)22-18(17)10-15-9-16-11-20(32)23(27(29)36)26(35)28(16,37)25(34)21(15)24(22)33/h3,5,7-8,13-19,21-25,31,33-34,37H,4,6,9-12H2,1-2H3,(H2,29,36)/t13?,14?,15-,16+,17?,18?,19?,21?,22?,23?,24?,25?,28+/m1/s1. The first-order chi connectivity index (χ1) is 17.4. The number of nitrogens with zero attached hydrogens (tertiary/aromatic N) is 1. The Morgan fingerprint density at radius 1 is 1.05 bits per heavy atom. The lowest BCUT2D eigenvalue weighted by molar-refractivity contribution is -0.229. The Balaban J connectivity index is 1.42. The number of Topliss-reactive ketones (excluding diaryl/α,β-unsaturated/α-hetero) is 2. The molecule has 0 aromatic rings. The minimum absolute atomic E-state index is 0.0388. The molecular weight excluding hydrogens is 476 g/mol. The summed E-state index contributed by atoms with van der Waals surface area (Å²) < 4.78 is 0. The summed E-state index contributed by atoms with van der Waals surface area (Å²) in [6.45, 7) is 0.993. The molecule has 5 rings (SSSR count). The third kappa shape index (κ3) is 4.23. The van der Waals surface area contributed by atoms with E-state index in [4.69, 9.17) is 5.73 Å². The van der Waals surface area contributed by atoms with E-state index in [9.17, 15) is 34.8 Å². The number of aliphatic hydroxyl groups is 4. The average Bonchev–Trinajstić information content (AvgIpc) is 2.81. The summed E-state index contributed by atoms with van der Waals surface area (Å²) in [5.74, 6) is -6.25. The van der Waals surface area contributed by atoms with Crippen molar-refractivity contribution in [2.45, 2.75) is 56.0 Å². The van der Waals surface area contributed by atoms with Crippen LogP contribution in [0.25, 0.3) is 0 Å². The predicted octanol–water partition coefficient (Wildman–Crippen LogP) is -0.338. The molecule has 3 fully saturated rings. The smallest absolute Gasteiger partial charge is 0.235 e. The third-order valence-electron chi connectivity index (χ3n) is 10.2. The van der Waals surface area contributed by atoms with E-state index in [1.165, 1.54) is 0 Å². The van der Waals surface area contributed by atoms with Gasteiger partial charge in [0.2, 0.25) is 5.91 Å². The normalized spacial score (nSPS) is 49.4. The van der Waals surface area contributed by atoms with Crippen LogP contribution in [0.4, 0.5) is 0 Å². The molecule has 0 spiro atoms. The van der Waals surface area contributed by atoms with Crippen molar-refractivity contribution in [3.05, 3.63) is 24.3 Å². The summed E-state index contributed by atoms with van der Waals surface area (Å²) >= 11 is 0. The molecule has 6 N–H and O–H groups in total. The number of hydrogen-bond acceptors (Lipinski definition) is 8. The Labute approximate surface area is 217 Å². The molecule has 13 atom stereocenters. The van der Waals surface area contributed by atoms with Crippen LogP contribution < -0.4 is 5.73 Å². The minimum atomic E-state index is -2.33. The van der Waals surface area contributed by atoms with E-state index in [1.807, 2.05) is 0 Å². The molecule has 0 saturated heterocycles. The van der Waals surface area contributed by atoms with E-state index < -0.39 is 65.1 Å². The van der Waals surface area contributed by atoms with Crippen molar-refractivity contribution in [3.63, 3.8) is 0 Å². The topological polar surface area (TPSA) is 161 Å². The van der Waals surface area contributed by atoms with Gasteiger partial charge in [-0.2, -0.15) is 0 Å². The van der Waals surface area contributed by atoms with Crippen molar-refractivity contribution in [1.82, 2.24) is 4.90 Å². The van der Waals surface area contributed by atoms with Crippen LogP contribution in [0.1, 0.15) is 32.1 Å². The maximum absolute atomic E-state index is 13.1. The summed E-state index contributed by atoms with van der Waals surface area (Å²) in [4.78, 5) is 39.7. The first kappa shape index (κ1) is 26.7. The molecule has 0 radical (unpaired) electrons. The summed E-state index contributed by atoms with van der Waals surface area (Å²) in [6.07, 6.45) is 7.38. The van der Waals surface area contributed by atoms with E-state index in [0.29, 0.717) is 12.3 Å². The molecule has 0 aromatic heterocycles. The van der Waals surface area contributed by atoms with Gasteiger partial charge in [-0.05, 0) is 69.4 Å². The number of carbonyl (C=O) groups excluding carboxylic acids is 3. The first-order valence-corrected chi connectivity index (χ1v) is 13.6. The zero-order valence-corrected chi connectivity index (χ0v) is 21.5. The highest BCUT2D eigenvalue weighted by Crippen LogP contribution is 2.57. The number of fused-ring (bicyclic) bond motifs is 3. The number of aliphatic hydroxyl groups excluding tert-OH is 3. The molecule has 10 unspecified atom stereocenters. The van der Waals surface area contributed by atoms with Crippen molar-refractivity contribution in [2.24, 2.45) is 59.0 Å². The quantitative estimate of drug-likeness (QED) is 0.251. The van der Waals surface area contributed by atoms with Crippen molar-refractivity contribution in [1.29, 1.82) is 0 Å². The van der Waals surface area contributed by atoms with Crippen LogP contribution >= 0.6 is 0 Å². The molecule has 37 heavy (non-hydrogen) atoms. The van der Waals surface area contributed by atoms with Crippen LogP contribution in [-0.2, 0) is 14.4 Å². The molecule has 5 aliphatic rings. The maximum Gasteiger partial charge on any atom is 0.235 e. The number of carbonyl (C=O) groups is 3. The molecular formula is C28H40N2O7. The minimum Gasteiger partial charge on any atom is -0.392 e. The second-order valence-electron chi connectivity index (χ2n) is 12.5. The number of rotatable bonds is 4. The fraction of sp³-hybridized carbons (Fsp3) is 0.750. The Bertz CT molecular complexity index is 1010. The van der Waals surface area contributed by atoms with Crippen LogP contribution in [0.3, 0.4) is 0 Å². The van der Waals surface area contributed by atoms with Crippen LogP contribution in [0.5, 0.6) is 0 Å². The Morgan fingerprint density at radius 2 is 1.78 bits per heavy atom. The Hall–Kier alpha value is -1.91. The van der Waals surface area contributed by atoms with Crippen molar-refractivity contribution < 1.29 is 34.8 Å². The van der Waals surface area contributed by atoms with Crippen LogP contribution in [0.15, 0.2) is 24.3 Å². The van der Waals surface area contributed by atoms with Gasteiger partial charge in [-0.15, -0.1) is 0 Å². The van der Waals surface area contributed by atoms with Crippen LogP contribution in [0.2, 0.25) is 0 Å². The van der Waals surface area contributed by atoms with Crippen molar-refractivity contribution in [3.8, 4) is 0 Å². The van der Waals surface area contributed by atoms with Gasteiger partial charge >= 0.3 is 0 Å². The molecule has 0 aliphatic heterocycles. The molecule has 5 aliphatic carbocycles. The van der Waals surface area contributed by atoms with E-state index in [1.54, 1.807) is 6.08 Å². The number of nitrogens with two attached hydrogens (primary N) is 1. The Kier molecular flexibility index (Phi) is 6.98. The summed E-state index contributed by atoms with van der Waals surface area (Å²) in [7, 11) is 4.13. The second-order valence-corrected chi connectivity index (χ2v) is 12.5. The van der Waals surface area contributed by atoms with E-state index >= 15 is 0 Å². The number of hydrogen-bond donors (Lipinski definition) is 5. The van der Waals surface area contributed by atoms with Crippen LogP contribution in [0, 0.1) is 53.3 Å². The summed E-state index contributed by atoms with van der Waals surface area (Å²) in [5, 5.41) is 45.3. The molecule has 9 heteroatoms. The van der Waals surface area contributed by atoms with Crippen LogP contribution in [-0.4, -0.2) is 87.4 Å². The van der Waals surface area contributed by atoms with Crippen molar-refractivity contribution in [2.75, 3.05) is 20.6 Å². The zero-order valence-electron chi connectivity index (χ0n) is 21.5. The number of ketones is 2. The third-order valence-corrected chi connectivity index (χ3v) is 10.2. The average molecular weight is 517 g/mol. The molecule has 3 saturated carbocycles. The van der Waals surface area contributed by atoms with Gasteiger partial charge < -0.3 is 31.1 Å². The number of amides is 1. The number of allylic oxidation sites excluding steroid dienone is 2. The Morgan fingerprint density at radius 3 is 2.41 bits per heavy atom. The van der Waals surface area contributed by atoms with Gasteiger partial charge in [0.25, 0.3) is 0 Å². The first-order valence-electron chi connectivity index (χ1n) is 13.6. The van der Waals surface area contributed by atoms with Gasteiger partial charge in [0, 0.05) is 30.7 Å². The molecule has 0 aromatic carbocycles. The summed E-state index contributed by atoms with van der Waals surface area (Å²) in [5.41, 5.74) is 2.96. The van der Waals surface area contributed by atoms with E-state index in [0.717, 1.165) is 19.4 Å². The fourth-order valence-corrected chi connectivity index (χ4v) is 8.53. The van der Waals surface area contributed by atoms with Gasteiger partial charge in [0.05, 0.1) is 18.3 Å². The predicted molar refractivity (Wildman–Crippen MR) is 134 cm³/mol. The van der Waals surface area contributed by atoms with Gasteiger partial charge in [0.1, 0.15) is 0 Å². The van der Waals surface area contributed by atoms with Gasteiger partial charge in [-0.25, -0.2) is 0 Å². The van der Waals surface area contributed by atoms with E-state index in [2.05, 4.69) is 37.2 Å². The largest absolute Gasteiger partial charge is 0.392 e. The van der Waals surface area contributed by atoms with E-state index in [-0.39, 0.29) is 36.5 Å². The highest BCUT2D eigenvalue weighted by molar-refractivity contribution is 6.22. The molecule has 0 heterocycles. The summed E-state index contributed by atoms with van der Waals surface area (Å²) in [6, 6.07) is 0. The lowest BCUT2D eigenvalue weighted by atomic mass is 9.48. The highest BCUT2D eigenvalue weighted by atomic mass is 16.4. The molecule has 0 bridgehead atoms. The zero-order chi connectivity index (χ0) is 26.8. The molecule has 204 valence electrons. The monoisotopic (exact) mass is 516 g/mol. The van der Waals surface area contributed by atoms with Gasteiger partial charge in [-0.1, -0.05) is 24.3 Å². The molecule has 9 nitrogen and oxygen atoms in total. The van der Waals surface area contributed by atoms with Crippen molar-refractivity contribution >= 4 is 17.5 Å².